The molecule has 0 saturated carbocycles. The van der Waals surface area contributed by atoms with Crippen LogP contribution in [0.3, 0.4) is 0 Å². The summed E-state index contributed by atoms with van der Waals surface area (Å²) in [6.45, 7) is 6.69. The molecule has 26 heavy (non-hydrogen) atoms. The van der Waals surface area contributed by atoms with Crippen LogP contribution >= 0.6 is 11.8 Å². The SMILES string of the molecule is CC(C)Sc1ccc(CC(=O)N2CCN(C(=O)c3cc[nH]c3)CC2)cc1. The molecule has 1 N–H and O–H groups in total. The zero-order valence-electron chi connectivity index (χ0n) is 15.3. The number of amides is 2. The molecule has 1 saturated heterocycles. The topological polar surface area (TPSA) is 56.4 Å². The second-order valence-electron chi connectivity index (χ2n) is 6.76. The minimum Gasteiger partial charge on any atom is -0.367 e. The summed E-state index contributed by atoms with van der Waals surface area (Å²) in [5.41, 5.74) is 1.71. The van der Waals surface area contributed by atoms with Gasteiger partial charge in [-0.15, -0.1) is 11.8 Å². The van der Waals surface area contributed by atoms with Crippen molar-refractivity contribution >= 4 is 23.6 Å². The van der Waals surface area contributed by atoms with Gasteiger partial charge in [0.05, 0.1) is 12.0 Å². The van der Waals surface area contributed by atoms with Crippen molar-refractivity contribution < 1.29 is 9.59 Å². The first-order valence-corrected chi connectivity index (χ1v) is 9.86. The van der Waals surface area contributed by atoms with Gasteiger partial charge in [-0.3, -0.25) is 9.59 Å². The molecule has 1 fully saturated rings. The van der Waals surface area contributed by atoms with Crippen molar-refractivity contribution in [3.05, 3.63) is 53.9 Å². The number of thioether (sulfide) groups is 1. The smallest absolute Gasteiger partial charge is 0.255 e. The van der Waals surface area contributed by atoms with Gasteiger partial charge in [0.25, 0.3) is 5.91 Å². The van der Waals surface area contributed by atoms with E-state index in [1.165, 1.54) is 4.90 Å². The molecular weight excluding hydrogens is 346 g/mol. The fourth-order valence-corrected chi connectivity index (χ4v) is 3.88. The van der Waals surface area contributed by atoms with E-state index in [0.717, 1.165) is 5.56 Å². The number of aromatic amines is 1. The third-order valence-electron chi connectivity index (χ3n) is 4.41. The maximum atomic E-state index is 12.5. The standard InChI is InChI=1S/C20H25N3O2S/c1-15(2)26-18-5-3-16(4-6-18)13-19(24)22-9-11-23(12-10-22)20(25)17-7-8-21-14-17/h3-8,14-15,21H,9-13H2,1-2H3. The monoisotopic (exact) mass is 371 g/mol. The fraction of sp³-hybridized carbons (Fsp3) is 0.400. The van der Waals surface area contributed by atoms with Gasteiger partial charge < -0.3 is 14.8 Å². The van der Waals surface area contributed by atoms with Crippen LogP contribution in [-0.2, 0) is 11.2 Å². The minimum atomic E-state index is 0.0246. The van der Waals surface area contributed by atoms with Crippen LogP contribution in [0, 0.1) is 0 Å². The Labute approximate surface area is 158 Å². The van der Waals surface area contributed by atoms with Gasteiger partial charge in [0.15, 0.2) is 0 Å². The normalized spacial score (nSPS) is 14.7. The summed E-state index contributed by atoms with van der Waals surface area (Å²) in [4.78, 5) is 32.7. The first kappa shape index (κ1) is 18.6. The molecule has 1 aromatic heterocycles. The molecule has 138 valence electrons. The van der Waals surface area contributed by atoms with Crippen molar-refractivity contribution in [1.29, 1.82) is 0 Å². The number of carbonyl (C=O) groups excluding carboxylic acids is 2. The summed E-state index contributed by atoms with van der Waals surface area (Å²) in [6.07, 6.45) is 3.87. The zero-order chi connectivity index (χ0) is 18.5. The Morgan fingerprint density at radius 1 is 1.04 bits per heavy atom. The molecule has 6 heteroatoms. The highest BCUT2D eigenvalue weighted by atomic mass is 32.2. The van der Waals surface area contributed by atoms with E-state index in [9.17, 15) is 9.59 Å². The predicted molar refractivity (Wildman–Crippen MR) is 104 cm³/mol. The van der Waals surface area contributed by atoms with Gasteiger partial charge >= 0.3 is 0 Å². The Bertz CT molecular complexity index is 733. The maximum absolute atomic E-state index is 12.5. The average molecular weight is 372 g/mol. The van der Waals surface area contributed by atoms with Gasteiger partial charge in [-0.25, -0.2) is 0 Å². The molecule has 2 heterocycles. The molecule has 0 atom stereocenters. The molecule has 1 aliphatic heterocycles. The van der Waals surface area contributed by atoms with E-state index in [-0.39, 0.29) is 11.8 Å². The molecule has 2 amide bonds. The van der Waals surface area contributed by atoms with Gasteiger partial charge in [0.2, 0.25) is 5.91 Å². The van der Waals surface area contributed by atoms with Crippen molar-refractivity contribution in [2.75, 3.05) is 26.2 Å². The van der Waals surface area contributed by atoms with E-state index in [4.69, 9.17) is 0 Å². The lowest BCUT2D eigenvalue weighted by atomic mass is 10.1. The Kier molecular flexibility index (Phi) is 6.04. The number of piperazine rings is 1. The fourth-order valence-electron chi connectivity index (χ4n) is 3.04. The second-order valence-corrected chi connectivity index (χ2v) is 8.41. The van der Waals surface area contributed by atoms with Crippen LogP contribution in [0.1, 0.15) is 29.8 Å². The molecule has 1 aromatic carbocycles. The Morgan fingerprint density at radius 2 is 1.69 bits per heavy atom. The molecule has 5 nitrogen and oxygen atoms in total. The van der Waals surface area contributed by atoms with Gasteiger partial charge in [-0.2, -0.15) is 0 Å². The molecule has 0 spiro atoms. The zero-order valence-corrected chi connectivity index (χ0v) is 16.1. The number of nitrogens with zero attached hydrogens (tertiary/aromatic N) is 2. The third-order valence-corrected chi connectivity index (χ3v) is 5.43. The maximum Gasteiger partial charge on any atom is 0.255 e. The van der Waals surface area contributed by atoms with Gasteiger partial charge in [-0.05, 0) is 23.8 Å². The highest BCUT2D eigenvalue weighted by molar-refractivity contribution is 7.99. The van der Waals surface area contributed by atoms with Crippen molar-refractivity contribution in [3.63, 3.8) is 0 Å². The van der Waals surface area contributed by atoms with Crippen LogP contribution in [0.5, 0.6) is 0 Å². The van der Waals surface area contributed by atoms with Crippen LogP contribution in [0.4, 0.5) is 0 Å². The molecule has 0 unspecified atom stereocenters. The van der Waals surface area contributed by atoms with E-state index in [2.05, 4.69) is 31.0 Å². The van der Waals surface area contributed by atoms with Crippen LogP contribution in [-0.4, -0.2) is 58.0 Å². The molecule has 2 aromatic rings. The number of carbonyl (C=O) groups is 2. The summed E-state index contributed by atoms with van der Waals surface area (Å²) >= 11 is 1.82. The van der Waals surface area contributed by atoms with Crippen molar-refractivity contribution in [1.82, 2.24) is 14.8 Å². The van der Waals surface area contributed by atoms with E-state index in [0.29, 0.717) is 43.4 Å². The minimum absolute atomic E-state index is 0.0246. The van der Waals surface area contributed by atoms with E-state index >= 15 is 0 Å². The Morgan fingerprint density at radius 3 is 2.27 bits per heavy atom. The molecule has 0 bridgehead atoms. The number of rotatable bonds is 5. The molecule has 0 radical (unpaired) electrons. The summed E-state index contributed by atoms with van der Waals surface area (Å²) < 4.78 is 0. The lowest BCUT2D eigenvalue weighted by Crippen LogP contribution is -2.50. The number of H-pyrrole nitrogens is 1. The van der Waals surface area contributed by atoms with Crippen molar-refractivity contribution in [2.24, 2.45) is 0 Å². The van der Waals surface area contributed by atoms with Crippen LogP contribution in [0.2, 0.25) is 0 Å². The van der Waals surface area contributed by atoms with Crippen LogP contribution in [0.15, 0.2) is 47.6 Å². The molecular formula is C20H25N3O2S. The third kappa shape index (κ3) is 4.69. The Balaban J connectivity index is 1.50. The average Bonchev–Trinajstić information content (AvgIpc) is 3.17. The number of hydrogen-bond acceptors (Lipinski definition) is 3. The molecule has 0 aliphatic carbocycles. The first-order valence-electron chi connectivity index (χ1n) is 8.98. The van der Waals surface area contributed by atoms with Gasteiger partial charge in [0.1, 0.15) is 0 Å². The summed E-state index contributed by atoms with van der Waals surface area (Å²) in [6, 6.07) is 10.0. The number of nitrogens with one attached hydrogen (secondary N) is 1. The number of benzene rings is 1. The second kappa shape index (κ2) is 8.45. The quantitative estimate of drug-likeness (QED) is 0.822. The first-order chi connectivity index (χ1) is 12.5. The lowest BCUT2D eigenvalue weighted by molar-refractivity contribution is -0.131. The molecule has 1 aliphatic rings. The Hall–Kier alpha value is -2.21. The van der Waals surface area contributed by atoms with Gasteiger partial charge in [-0.1, -0.05) is 26.0 Å². The van der Waals surface area contributed by atoms with Gasteiger partial charge in [0, 0.05) is 48.7 Å². The summed E-state index contributed by atoms with van der Waals surface area (Å²) in [5.74, 6) is 0.152. The highest BCUT2D eigenvalue weighted by Gasteiger charge is 2.24. The number of aromatic nitrogens is 1. The van der Waals surface area contributed by atoms with E-state index < -0.39 is 0 Å². The van der Waals surface area contributed by atoms with Crippen LogP contribution in [0.25, 0.3) is 0 Å². The highest BCUT2D eigenvalue weighted by Crippen LogP contribution is 2.23. The van der Waals surface area contributed by atoms with E-state index in [1.807, 2.05) is 33.7 Å². The largest absolute Gasteiger partial charge is 0.367 e. The van der Waals surface area contributed by atoms with Crippen molar-refractivity contribution in [3.8, 4) is 0 Å². The molecule has 3 rings (SSSR count). The lowest BCUT2D eigenvalue weighted by Gasteiger charge is -2.34. The predicted octanol–water partition coefficient (Wildman–Crippen LogP) is 3.04. The summed E-state index contributed by atoms with van der Waals surface area (Å²) in [7, 11) is 0. The summed E-state index contributed by atoms with van der Waals surface area (Å²) in [5, 5.41) is 0.549. The number of hydrogen-bond donors (Lipinski definition) is 1. The van der Waals surface area contributed by atoms with E-state index in [1.54, 1.807) is 18.5 Å². The van der Waals surface area contributed by atoms with Crippen molar-refractivity contribution in [2.45, 2.75) is 30.4 Å². The van der Waals surface area contributed by atoms with Crippen LogP contribution < -0.4 is 0 Å².